The van der Waals surface area contributed by atoms with Crippen LogP contribution in [-0.4, -0.2) is 10.0 Å². The summed E-state index contributed by atoms with van der Waals surface area (Å²) in [6.45, 7) is 4.00. The van der Waals surface area contributed by atoms with Gasteiger partial charge in [0.2, 0.25) is 0 Å². The molecule has 90 valence electrons. The smallest absolute Gasteiger partial charge is 0.416 e. The number of benzene rings is 1. The Morgan fingerprint density at radius 2 is 1.81 bits per heavy atom. The van der Waals surface area contributed by atoms with E-state index in [0.717, 1.165) is 0 Å². The van der Waals surface area contributed by atoms with E-state index in [4.69, 9.17) is 5.11 Å². The van der Waals surface area contributed by atoms with Crippen LogP contribution in [0.1, 0.15) is 19.4 Å². The minimum Gasteiger partial charge on any atom is -0.502 e. The van der Waals surface area contributed by atoms with E-state index in [1.165, 1.54) is 0 Å². The lowest BCUT2D eigenvalue weighted by Crippen LogP contribution is -2.05. The van der Waals surface area contributed by atoms with Crippen LogP contribution in [0.25, 0.3) is 0 Å². The van der Waals surface area contributed by atoms with E-state index in [2.05, 4.69) is 0 Å². The number of rotatable bonds is 1. The molecule has 0 spiro atoms. The molecule has 1 aromatic carbocycles. The summed E-state index contributed by atoms with van der Waals surface area (Å²) >= 11 is 0. The number of aromatic hydroxyl groups is 1. The van der Waals surface area contributed by atoms with E-state index in [0.29, 0.717) is 12.1 Å². The summed E-state index contributed by atoms with van der Waals surface area (Å²) in [5.41, 5.74) is -2.12. The van der Waals surface area contributed by atoms with Gasteiger partial charge in [-0.15, -0.1) is 0 Å². The van der Waals surface area contributed by atoms with Crippen molar-refractivity contribution in [2.24, 2.45) is 0 Å². The highest BCUT2D eigenvalue weighted by Gasteiger charge is 2.32. The van der Waals surface area contributed by atoms with Crippen LogP contribution in [0.15, 0.2) is 18.2 Å². The lowest BCUT2D eigenvalue weighted by atomic mass is 10.2. The van der Waals surface area contributed by atoms with Crippen molar-refractivity contribution >= 4 is 5.69 Å². The van der Waals surface area contributed by atoms with Crippen molar-refractivity contribution in [1.82, 2.24) is 0 Å². The number of alkyl halides is 3. The molecule has 0 radical (unpaired) electrons. The number of halogens is 3. The maximum atomic E-state index is 12.1. The van der Waals surface area contributed by atoms with Crippen molar-refractivity contribution in [1.29, 1.82) is 0 Å². The number of nitrogens with zero attached hydrogens (tertiary/aromatic N) is 1. The first-order valence-corrected chi connectivity index (χ1v) is 4.37. The van der Waals surface area contributed by atoms with Gasteiger partial charge in [0, 0.05) is 6.07 Å². The molecule has 4 nitrogen and oxygen atoms in total. The highest BCUT2D eigenvalue weighted by Crippen LogP contribution is 2.35. The van der Waals surface area contributed by atoms with E-state index in [1.807, 2.05) is 13.8 Å². The Labute approximate surface area is 89.5 Å². The van der Waals surface area contributed by atoms with Gasteiger partial charge in [-0.25, -0.2) is 0 Å². The van der Waals surface area contributed by atoms with Crippen molar-refractivity contribution < 1.29 is 23.2 Å². The van der Waals surface area contributed by atoms with Crippen molar-refractivity contribution in [3.8, 4) is 5.75 Å². The highest BCUT2D eigenvalue weighted by molar-refractivity contribution is 5.48. The minimum absolute atomic E-state index is 0.287. The summed E-state index contributed by atoms with van der Waals surface area (Å²) in [5, 5.41) is 19.0. The van der Waals surface area contributed by atoms with Crippen LogP contribution in [0.3, 0.4) is 0 Å². The predicted molar refractivity (Wildman–Crippen MR) is 51.1 cm³/mol. The van der Waals surface area contributed by atoms with E-state index in [-0.39, 0.29) is 6.07 Å². The number of hydrogen-bond acceptors (Lipinski definition) is 3. The molecule has 1 N–H and O–H groups in total. The van der Waals surface area contributed by atoms with Gasteiger partial charge >= 0.3 is 11.9 Å². The second-order valence-electron chi connectivity index (χ2n) is 2.46. The molecule has 0 atom stereocenters. The van der Waals surface area contributed by atoms with Gasteiger partial charge in [-0.05, 0) is 12.1 Å². The molecule has 0 aromatic heterocycles. The third-order valence-corrected chi connectivity index (χ3v) is 1.50. The Kier molecular flexibility index (Phi) is 4.74. The molecule has 0 unspecified atom stereocenters. The summed E-state index contributed by atoms with van der Waals surface area (Å²) < 4.78 is 36.2. The number of nitro groups is 1. The molecular weight excluding hydrogens is 227 g/mol. The van der Waals surface area contributed by atoms with Crippen LogP contribution < -0.4 is 0 Å². The predicted octanol–water partition coefficient (Wildman–Crippen LogP) is 3.35. The molecule has 0 heterocycles. The fourth-order valence-corrected chi connectivity index (χ4v) is 0.846. The number of hydrogen-bond donors (Lipinski definition) is 1. The van der Waals surface area contributed by atoms with Crippen LogP contribution in [0.4, 0.5) is 18.9 Å². The first kappa shape index (κ1) is 14.2. The maximum Gasteiger partial charge on any atom is 0.416 e. The lowest BCUT2D eigenvalue weighted by molar-refractivity contribution is -0.386. The number of phenolic OH excluding ortho intramolecular Hbond substituents is 1. The topological polar surface area (TPSA) is 63.4 Å². The average molecular weight is 237 g/mol. The quantitative estimate of drug-likeness (QED) is 0.601. The van der Waals surface area contributed by atoms with Gasteiger partial charge in [0.15, 0.2) is 5.75 Å². The molecular formula is C9H10F3NO3. The summed E-state index contributed by atoms with van der Waals surface area (Å²) in [6, 6.07) is 1.50. The van der Waals surface area contributed by atoms with Crippen molar-refractivity contribution in [3.63, 3.8) is 0 Å². The normalized spacial score (nSPS) is 10.3. The second-order valence-corrected chi connectivity index (χ2v) is 2.46. The maximum absolute atomic E-state index is 12.1. The zero-order valence-electron chi connectivity index (χ0n) is 8.58. The van der Waals surface area contributed by atoms with Crippen LogP contribution in [0, 0.1) is 10.1 Å². The Bertz CT molecular complexity index is 377. The summed E-state index contributed by atoms with van der Waals surface area (Å²) in [5.74, 6) is -0.789. The largest absolute Gasteiger partial charge is 0.502 e. The molecule has 0 aliphatic rings. The highest BCUT2D eigenvalue weighted by atomic mass is 19.4. The van der Waals surface area contributed by atoms with Gasteiger partial charge in [-0.1, -0.05) is 13.8 Å². The van der Waals surface area contributed by atoms with Crippen LogP contribution in [0.2, 0.25) is 0 Å². The molecule has 16 heavy (non-hydrogen) atoms. The third-order valence-electron chi connectivity index (χ3n) is 1.50. The van der Waals surface area contributed by atoms with Gasteiger partial charge < -0.3 is 5.11 Å². The molecule has 1 rings (SSSR count). The Morgan fingerprint density at radius 1 is 1.31 bits per heavy atom. The van der Waals surface area contributed by atoms with Crippen molar-refractivity contribution in [3.05, 3.63) is 33.9 Å². The van der Waals surface area contributed by atoms with E-state index in [9.17, 15) is 23.3 Å². The van der Waals surface area contributed by atoms with E-state index in [1.54, 1.807) is 0 Å². The third kappa shape index (κ3) is 3.41. The SMILES string of the molecule is CC.O=[N+]([O-])c1cc(C(F)(F)F)ccc1O. The molecule has 0 aliphatic heterocycles. The van der Waals surface area contributed by atoms with Crippen molar-refractivity contribution in [2.45, 2.75) is 20.0 Å². The fourth-order valence-electron chi connectivity index (χ4n) is 0.846. The number of nitro benzene ring substituents is 1. The first-order valence-electron chi connectivity index (χ1n) is 4.37. The van der Waals surface area contributed by atoms with Crippen molar-refractivity contribution in [2.75, 3.05) is 0 Å². The second kappa shape index (κ2) is 5.34. The molecule has 0 amide bonds. The Hall–Kier alpha value is -1.79. The average Bonchev–Trinajstić information content (AvgIpc) is 2.19. The zero-order valence-corrected chi connectivity index (χ0v) is 8.58. The molecule has 0 saturated heterocycles. The summed E-state index contributed by atoms with van der Waals surface area (Å²) in [4.78, 5) is 9.10. The number of phenols is 1. The zero-order chi connectivity index (χ0) is 12.9. The van der Waals surface area contributed by atoms with Crippen LogP contribution >= 0.6 is 0 Å². The van der Waals surface area contributed by atoms with Gasteiger partial charge in [0.1, 0.15) is 0 Å². The summed E-state index contributed by atoms with van der Waals surface area (Å²) in [6.07, 6.45) is -4.65. The fraction of sp³-hybridized carbons (Fsp3) is 0.333. The molecule has 1 aromatic rings. The first-order chi connectivity index (χ1) is 7.32. The molecule has 7 heteroatoms. The van der Waals surface area contributed by atoms with E-state index < -0.39 is 28.1 Å². The lowest BCUT2D eigenvalue weighted by Gasteiger charge is -2.05. The molecule has 0 aliphatic carbocycles. The monoisotopic (exact) mass is 237 g/mol. The standard InChI is InChI=1S/C7H4F3NO3.C2H6/c8-7(9,10)4-1-2-6(12)5(3-4)11(13)14;1-2/h1-3,12H;1-2H3. The van der Waals surface area contributed by atoms with E-state index >= 15 is 0 Å². The van der Waals surface area contributed by atoms with Gasteiger partial charge in [0.05, 0.1) is 10.5 Å². The van der Waals surface area contributed by atoms with Gasteiger partial charge in [-0.2, -0.15) is 13.2 Å². The van der Waals surface area contributed by atoms with Gasteiger partial charge in [0.25, 0.3) is 0 Å². The van der Waals surface area contributed by atoms with Gasteiger partial charge in [-0.3, -0.25) is 10.1 Å². The van der Waals surface area contributed by atoms with Crippen LogP contribution in [-0.2, 0) is 6.18 Å². The Balaban J connectivity index is 0.00000106. The molecule has 0 fully saturated rings. The summed E-state index contributed by atoms with van der Waals surface area (Å²) in [7, 11) is 0. The minimum atomic E-state index is -4.65. The Morgan fingerprint density at radius 3 is 2.19 bits per heavy atom. The molecule has 0 bridgehead atoms. The molecule has 0 saturated carbocycles. The van der Waals surface area contributed by atoms with Crippen LogP contribution in [0.5, 0.6) is 5.75 Å².